The predicted molar refractivity (Wildman–Crippen MR) is 108 cm³/mol. The van der Waals surface area contributed by atoms with E-state index in [1.54, 1.807) is 0 Å². The van der Waals surface area contributed by atoms with Crippen LogP contribution in [0.3, 0.4) is 0 Å². The third kappa shape index (κ3) is 8.98. The topological polar surface area (TPSA) is 70.8 Å². The molecule has 0 fully saturated rings. The molecule has 1 aromatic carbocycles. The van der Waals surface area contributed by atoms with E-state index in [0.29, 0.717) is 37.1 Å². The third-order valence-electron chi connectivity index (χ3n) is 4.22. The number of unbranched alkanes of at least 4 members (excludes halogenated alkanes) is 6. The van der Waals surface area contributed by atoms with Gasteiger partial charge in [-0.05, 0) is 19.3 Å². The molecule has 27 heavy (non-hydrogen) atoms. The zero-order chi connectivity index (χ0) is 19.9. The summed E-state index contributed by atoms with van der Waals surface area (Å²) in [7, 11) is 0. The number of hydrogen-bond acceptors (Lipinski definition) is 5. The van der Waals surface area contributed by atoms with Gasteiger partial charge in [-0.15, -0.1) is 0 Å². The summed E-state index contributed by atoms with van der Waals surface area (Å²) in [6, 6.07) is 2.89. The van der Waals surface area contributed by atoms with Gasteiger partial charge in [-0.1, -0.05) is 59.3 Å². The average molecular weight is 382 g/mol. The van der Waals surface area contributed by atoms with Crippen LogP contribution in [0.15, 0.2) is 12.1 Å². The molecule has 0 aliphatic carbocycles. The molecule has 1 rings (SSSR count). The monoisotopic (exact) mass is 381 g/mol. The van der Waals surface area contributed by atoms with Crippen molar-refractivity contribution in [2.24, 2.45) is 0 Å². The Kier molecular flexibility index (Phi) is 12.1. The fourth-order valence-corrected chi connectivity index (χ4v) is 2.62. The molecular formula is C21H35NO5. The van der Waals surface area contributed by atoms with Gasteiger partial charge in [0.2, 0.25) is 5.75 Å². The van der Waals surface area contributed by atoms with Crippen LogP contribution in [0.2, 0.25) is 0 Å². The van der Waals surface area contributed by atoms with Crippen LogP contribution in [-0.4, -0.2) is 24.7 Å². The molecule has 0 saturated heterocycles. The Bertz CT molecular complexity index is 514. The van der Waals surface area contributed by atoms with Gasteiger partial charge >= 0.3 is 0 Å². The van der Waals surface area contributed by atoms with Gasteiger partial charge in [0, 0.05) is 0 Å². The number of nitrogens with zero attached hydrogens (tertiary/aromatic N) is 1. The molecule has 0 N–H and O–H groups in total. The van der Waals surface area contributed by atoms with Crippen molar-refractivity contribution < 1.29 is 19.1 Å². The Labute approximate surface area is 163 Å². The van der Waals surface area contributed by atoms with Gasteiger partial charge in [0.25, 0.3) is 5.69 Å². The minimum Gasteiger partial charge on any atom is -0.489 e. The summed E-state index contributed by atoms with van der Waals surface area (Å²) >= 11 is 0. The van der Waals surface area contributed by atoms with E-state index in [1.165, 1.54) is 12.1 Å². The molecule has 1 aromatic rings. The van der Waals surface area contributed by atoms with Crippen LogP contribution in [0.1, 0.15) is 78.6 Å². The maximum atomic E-state index is 11.3. The van der Waals surface area contributed by atoms with Crippen molar-refractivity contribution in [1.82, 2.24) is 0 Å². The molecule has 6 nitrogen and oxygen atoms in total. The number of nitro benzene ring substituents is 1. The zero-order valence-corrected chi connectivity index (χ0v) is 17.1. The summed E-state index contributed by atoms with van der Waals surface area (Å²) in [5, 5.41) is 11.3. The van der Waals surface area contributed by atoms with Crippen molar-refractivity contribution in [2.75, 3.05) is 19.8 Å². The molecule has 6 heteroatoms. The molecule has 0 radical (unpaired) electrons. The minimum atomic E-state index is -0.418. The summed E-state index contributed by atoms with van der Waals surface area (Å²) in [4.78, 5) is 10.9. The average Bonchev–Trinajstić information content (AvgIpc) is 2.66. The summed E-state index contributed by atoms with van der Waals surface area (Å²) in [5.74, 6) is 1.30. The number of hydrogen-bond donors (Lipinski definition) is 0. The van der Waals surface area contributed by atoms with Crippen molar-refractivity contribution in [1.29, 1.82) is 0 Å². The highest BCUT2D eigenvalue weighted by Crippen LogP contribution is 2.41. The second kappa shape index (κ2) is 14.1. The number of ether oxygens (including phenoxy) is 3. The van der Waals surface area contributed by atoms with Gasteiger partial charge in [0.1, 0.15) is 0 Å². The molecule has 0 aromatic heterocycles. The number of benzene rings is 1. The molecule has 0 amide bonds. The number of non-ortho nitro benzene ring substituents is 1. The molecule has 0 heterocycles. The normalized spacial score (nSPS) is 10.6. The molecular weight excluding hydrogens is 346 g/mol. The molecule has 0 unspecified atom stereocenters. The third-order valence-corrected chi connectivity index (χ3v) is 4.22. The second-order valence-corrected chi connectivity index (χ2v) is 6.69. The second-order valence-electron chi connectivity index (χ2n) is 6.69. The zero-order valence-electron chi connectivity index (χ0n) is 17.1. The number of nitro groups is 1. The van der Waals surface area contributed by atoms with E-state index >= 15 is 0 Å². The van der Waals surface area contributed by atoms with Gasteiger partial charge in [0.15, 0.2) is 11.5 Å². The van der Waals surface area contributed by atoms with Crippen molar-refractivity contribution >= 4 is 5.69 Å². The molecule has 0 atom stereocenters. The Hall–Kier alpha value is -1.98. The van der Waals surface area contributed by atoms with E-state index in [1.807, 2.05) is 0 Å². The summed E-state index contributed by atoms with van der Waals surface area (Å²) < 4.78 is 17.6. The molecule has 0 spiro atoms. The van der Waals surface area contributed by atoms with Gasteiger partial charge in [-0.3, -0.25) is 10.1 Å². The van der Waals surface area contributed by atoms with Crippen LogP contribution in [-0.2, 0) is 0 Å². The van der Waals surface area contributed by atoms with Crippen molar-refractivity contribution in [3.05, 3.63) is 22.2 Å². The summed E-state index contributed by atoms with van der Waals surface area (Å²) in [5.41, 5.74) is -0.0353. The van der Waals surface area contributed by atoms with Crippen LogP contribution in [0.5, 0.6) is 17.2 Å². The van der Waals surface area contributed by atoms with Crippen LogP contribution < -0.4 is 14.2 Å². The lowest BCUT2D eigenvalue weighted by atomic mass is 10.2. The summed E-state index contributed by atoms with van der Waals surface area (Å²) in [6.45, 7) is 7.94. The standard InChI is InChI=1S/C21H35NO5/c1-4-7-10-13-25-19-16-18(22(23)24)17-20(26-14-11-8-5-2)21(19)27-15-12-9-6-3/h16-17H,4-15H2,1-3H3. The van der Waals surface area contributed by atoms with Crippen molar-refractivity contribution in [2.45, 2.75) is 78.6 Å². The first-order chi connectivity index (χ1) is 13.1. The maximum absolute atomic E-state index is 11.3. The van der Waals surface area contributed by atoms with Gasteiger partial charge in [-0.25, -0.2) is 0 Å². The fourth-order valence-electron chi connectivity index (χ4n) is 2.62. The lowest BCUT2D eigenvalue weighted by Crippen LogP contribution is -2.07. The van der Waals surface area contributed by atoms with Crippen LogP contribution in [0, 0.1) is 10.1 Å². The van der Waals surface area contributed by atoms with Crippen molar-refractivity contribution in [3.63, 3.8) is 0 Å². The van der Waals surface area contributed by atoms with Crippen LogP contribution in [0.4, 0.5) is 5.69 Å². The first kappa shape index (κ1) is 23.1. The van der Waals surface area contributed by atoms with Crippen LogP contribution in [0.25, 0.3) is 0 Å². The minimum absolute atomic E-state index is 0.0353. The first-order valence-corrected chi connectivity index (χ1v) is 10.3. The molecule has 154 valence electrons. The Morgan fingerprint density at radius 2 is 1.15 bits per heavy atom. The molecule has 0 bridgehead atoms. The van der Waals surface area contributed by atoms with Gasteiger partial charge in [0.05, 0.1) is 36.9 Å². The van der Waals surface area contributed by atoms with Gasteiger partial charge < -0.3 is 14.2 Å². The quantitative estimate of drug-likeness (QED) is 0.191. The van der Waals surface area contributed by atoms with E-state index < -0.39 is 4.92 Å². The largest absolute Gasteiger partial charge is 0.489 e. The highest BCUT2D eigenvalue weighted by molar-refractivity contribution is 5.58. The van der Waals surface area contributed by atoms with E-state index in [-0.39, 0.29) is 5.69 Å². The Balaban J connectivity index is 2.99. The van der Waals surface area contributed by atoms with E-state index in [9.17, 15) is 10.1 Å². The predicted octanol–water partition coefficient (Wildman–Crippen LogP) is 6.30. The smallest absolute Gasteiger partial charge is 0.277 e. The fraction of sp³-hybridized carbons (Fsp3) is 0.714. The Morgan fingerprint density at radius 3 is 1.52 bits per heavy atom. The summed E-state index contributed by atoms with van der Waals surface area (Å²) in [6.07, 6.45) is 9.20. The lowest BCUT2D eigenvalue weighted by Gasteiger charge is -2.17. The van der Waals surface area contributed by atoms with Crippen LogP contribution >= 0.6 is 0 Å². The maximum Gasteiger partial charge on any atom is 0.277 e. The van der Waals surface area contributed by atoms with Gasteiger partial charge in [-0.2, -0.15) is 0 Å². The highest BCUT2D eigenvalue weighted by atomic mass is 16.6. The van der Waals surface area contributed by atoms with Crippen molar-refractivity contribution in [3.8, 4) is 17.2 Å². The molecule has 0 saturated carbocycles. The van der Waals surface area contributed by atoms with E-state index in [4.69, 9.17) is 14.2 Å². The van der Waals surface area contributed by atoms with E-state index in [0.717, 1.165) is 57.8 Å². The molecule has 0 aliphatic heterocycles. The van der Waals surface area contributed by atoms with E-state index in [2.05, 4.69) is 20.8 Å². The number of rotatable bonds is 16. The molecule has 0 aliphatic rings. The highest BCUT2D eigenvalue weighted by Gasteiger charge is 2.20. The SMILES string of the molecule is CCCCCOc1cc([N+](=O)[O-])cc(OCCCCC)c1OCCCCC. The first-order valence-electron chi connectivity index (χ1n) is 10.3. The Morgan fingerprint density at radius 1 is 0.741 bits per heavy atom. The lowest BCUT2D eigenvalue weighted by molar-refractivity contribution is -0.385.